The van der Waals surface area contributed by atoms with Crippen molar-refractivity contribution in [2.75, 3.05) is 35.2 Å². The lowest BCUT2D eigenvalue weighted by atomic mass is 10.1. The lowest BCUT2D eigenvalue weighted by Gasteiger charge is -2.30. The topological polar surface area (TPSA) is 81.8 Å². The number of fused-ring (bicyclic) bond motifs is 1. The van der Waals surface area contributed by atoms with E-state index in [2.05, 4.69) is 10.6 Å². The number of anilines is 3. The van der Waals surface area contributed by atoms with Crippen LogP contribution in [0.15, 0.2) is 42.5 Å². The first kappa shape index (κ1) is 23.1. The number of nitrogens with zero attached hydrogens (tertiary/aromatic N) is 2. The number of nitrogens with one attached hydrogen (secondary N) is 2. The summed E-state index contributed by atoms with van der Waals surface area (Å²) in [6.07, 6.45) is 0.192. The number of hydrogen-bond donors (Lipinski definition) is 2. The highest BCUT2D eigenvalue weighted by molar-refractivity contribution is 6.39. The average Bonchev–Trinajstić information content (AvgIpc) is 2.84. The zero-order valence-corrected chi connectivity index (χ0v) is 18.8. The molecular weight excluding hydrogens is 439 g/mol. The molecule has 0 radical (unpaired) electrons. The molecule has 1 aliphatic rings. The molecule has 1 atom stereocenters. The number of likely N-dealkylation sites (N-methyl/N-ethyl adjacent to an activating group) is 1. The number of rotatable bonds is 6. The first-order valence-corrected chi connectivity index (χ1v) is 10.7. The number of halogens is 2. The van der Waals surface area contributed by atoms with Gasteiger partial charge in [-0.3, -0.25) is 19.3 Å². The predicted molar refractivity (Wildman–Crippen MR) is 124 cm³/mol. The Hall–Kier alpha value is -2.61. The van der Waals surface area contributed by atoms with Crippen molar-refractivity contribution in [3.63, 3.8) is 0 Å². The molecular formula is C22H24Cl2N4O3. The maximum atomic E-state index is 13.2. The summed E-state index contributed by atoms with van der Waals surface area (Å²) in [4.78, 5) is 41.3. The van der Waals surface area contributed by atoms with Crippen LogP contribution in [0.3, 0.4) is 0 Å². The van der Waals surface area contributed by atoms with Crippen LogP contribution < -0.4 is 15.5 Å². The molecule has 0 aliphatic carbocycles. The summed E-state index contributed by atoms with van der Waals surface area (Å²) in [6, 6.07) is 11.8. The summed E-state index contributed by atoms with van der Waals surface area (Å²) in [5, 5.41) is 6.23. The molecule has 3 amide bonds. The quantitative estimate of drug-likeness (QED) is 0.678. The van der Waals surface area contributed by atoms with Gasteiger partial charge in [0.2, 0.25) is 17.7 Å². The Bertz CT molecular complexity index is 978. The van der Waals surface area contributed by atoms with Gasteiger partial charge in [-0.2, -0.15) is 0 Å². The van der Waals surface area contributed by atoms with Gasteiger partial charge in [0.15, 0.2) is 0 Å². The average molecular weight is 463 g/mol. The van der Waals surface area contributed by atoms with E-state index in [0.29, 0.717) is 33.7 Å². The van der Waals surface area contributed by atoms with Crippen LogP contribution in [0.4, 0.5) is 17.1 Å². The van der Waals surface area contributed by atoms with Gasteiger partial charge in [-0.1, -0.05) is 48.3 Å². The predicted octanol–water partition coefficient (Wildman–Crippen LogP) is 4.02. The summed E-state index contributed by atoms with van der Waals surface area (Å²) in [5.74, 6) is -0.661. The van der Waals surface area contributed by atoms with Crippen molar-refractivity contribution >= 4 is 58.0 Å². The molecule has 0 unspecified atom stereocenters. The third-order valence-electron chi connectivity index (χ3n) is 5.03. The van der Waals surface area contributed by atoms with Crippen molar-refractivity contribution < 1.29 is 14.4 Å². The third kappa shape index (κ3) is 5.55. The molecule has 2 aromatic rings. The Kier molecular flexibility index (Phi) is 7.54. The molecule has 0 saturated carbocycles. The van der Waals surface area contributed by atoms with E-state index >= 15 is 0 Å². The minimum atomic E-state index is -0.328. The van der Waals surface area contributed by atoms with Crippen molar-refractivity contribution in [3.8, 4) is 0 Å². The Morgan fingerprint density at radius 1 is 1.13 bits per heavy atom. The number of amides is 3. The van der Waals surface area contributed by atoms with E-state index in [-0.39, 0.29) is 43.3 Å². The molecule has 1 heterocycles. The van der Waals surface area contributed by atoms with E-state index in [1.807, 2.05) is 19.9 Å². The zero-order chi connectivity index (χ0) is 22.5. The van der Waals surface area contributed by atoms with Gasteiger partial charge in [0, 0.05) is 12.5 Å². The van der Waals surface area contributed by atoms with Gasteiger partial charge in [0.25, 0.3) is 0 Å². The van der Waals surface area contributed by atoms with E-state index in [4.69, 9.17) is 23.2 Å². The fourth-order valence-corrected chi connectivity index (χ4v) is 4.01. The van der Waals surface area contributed by atoms with E-state index in [0.717, 1.165) is 0 Å². The fourth-order valence-electron chi connectivity index (χ4n) is 3.51. The van der Waals surface area contributed by atoms with Gasteiger partial charge in [0.05, 0.1) is 40.2 Å². The largest absolute Gasteiger partial charge is 0.324 e. The lowest BCUT2D eigenvalue weighted by molar-refractivity contribution is -0.121. The summed E-state index contributed by atoms with van der Waals surface area (Å²) >= 11 is 12.2. The van der Waals surface area contributed by atoms with Crippen molar-refractivity contribution in [2.45, 2.75) is 26.3 Å². The molecule has 0 saturated heterocycles. The SMILES string of the molecule is CCN(CC(=O)Nc1c(Cl)cccc1Cl)CC(=O)N1c2ccccc2NC(=O)C[C@@H]1C. The van der Waals surface area contributed by atoms with Crippen molar-refractivity contribution in [1.29, 1.82) is 0 Å². The molecule has 0 spiro atoms. The van der Waals surface area contributed by atoms with Gasteiger partial charge in [-0.05, 0) is 37.7 Å². The second-order valence-electron chi connectivity index (χ2n) is 7.33. The molecule has 0 fully saturated rings. The number of carbonyl (C=O) groups excluding carboxylic acids is 3. The standard InChI is InChI=1S/C22H24Cl2N4O3/c1-3-27(12-20(30)26-22-15(23)7-6-8-16(22)24)13-21(31)28-14(2)11-19(29)25-17-9-4-5-10-18(17)28/h4-10,14H,3,11-13H2,1-2H3,(H,25,29)(H,26,30)/t14-/m0/s1. The summed E-state index contributed by atoms with van der Waals surface area (Å²) in [6.45, 7) is 4.20. The first-order valence-electron chi connectivity index (χ1n) is 9.97. The lowest BCUT2D eigenvalue weighted by Crippen LogP contribution is -2.46. The van der Waals surface area contributed by atoms with E-state index < -0.39 is 0 Å². The maximum Gasteiger partial charge on any atom is 0.241 e. The van der Waals surface area contributed by atoms with Crippen molar-refractivity contribution in [3.05, 3.63) is 52.5 Å². The Balaban J connectivity index is 1.72. The van der Waals surface area contributed by atoms with Gasteiger partial charge in [-0.25, -0.2) is 0 Å². The molecule has 9 heteroatoms. The van der Waals surface area contributed by atoms with Gasteiger partial charge in [0.1, 0.15) is 0 Å². The highest BCUT2D eigenvalue weighted by Gasteiger charge is 2.30. The van der Waals surface area contributed by atoms with Crippen LogP contribution in [-0.4, -0.2) is 48.3 Å². The number of benzene rings is 2. The second kappa shape index (κ2) is 10.1. The van der Waals surface area contributed by atoms with Crippen molar-refractivity contribution in [2.24, 2.45) is 0 Å². The first-order chi connectivity index (χ1) is 14.8. The maximum absolute atomic E-state index is 13.2. The number of para-hydroxylation sites is 3. The number of hydrogen-bond acceptors (Lipinski definition) is 4. The molecule has 3 rings (SSSR count). The van der Waals surface area contributed by atoms with Crippen molar-refractivity contribution in [1.82, 2.24) is 4.90 Å². The van der Waals surface area contributed by atoms with Crippen LogP contribution >= 0.6 is 23.2 Å². The van der Waals surface area contributed by atoms with Crippen LogP contribution in [-0.2, 0) is 14.4 Å². The van der Waals surface area contributed by atoms with Crippen LogP contribution in [0.2, 0.25) is 10.0 Å². The molecule has 7 nitrogen and oxygen atoms in total. The fraction of sp³-hybridized carbons (Fsp3) is 0.318. The Labute approximate surface area is 191 Å². The Morgan fingerprint density at radius 3 is 2.48 bits per heavy atom. The van der Waals surface area contributed by atoms with Gasteiger partial charge < -0.3 is 15.5 Å². The highest BCUT2D eigenvalue weighted by Crippen LogP contribution is 2.32. The smallest absolute Gasteiger partial charge is 0.241 e. The van der Waals surface area contributed by atoms with E-state index in [1.54, 1.807) is 46.2 Å². The minimum Gasteiger partial charge on any atom is -0.324 e. The Morgan fingerprint density at radius 2 is 1.81 bits per heavy atom. The molecule has 31 heavy (non-hydrogen) atoms. The summed E-state index contributed by atoms with van der Waals surface area (Å²) in [7, 11) is 0. The molecule has 1 aliphatic heterocycles. The summed E-state index contributed by atoms with van der Waals surface area (Å²) < 4.78 is 0. The monoisotopic (exact) mass is 462 g/mol. The minimum absolute atomic E-state index is 0.00909. The third-order valence-corrected chi connectivity index (χ3v) is 5.66. The van der Waals surface area contributed by atoms with Crippen LogP contribution in [0.1, 0.15) is 20.3 Å². The van der Waals surface area contributed by atoms with E-state index in [9.17, 15) is 14.4 Å². The summed E-state index contributed by atoms with van der Waals surface area (Å²) in [5.41, 5.74) is 1.59. The van der Waals surface area contributed by atoms with E-state index in [1.165, 1.54) is 0 Å². The molecule has 2 aromatic carbocycles. The molecule has 0 bridgehead atoms. The molecule has 0 aromatic heterocycles. The molecule has 2 N–H and O–H groups in total. The number of carbonyl (C=O) groups is 3. The zero-order valence-electron chi connectivity index (χ0n) is 17.3. The van der Waals surface area contributed by atoms with Crippen LogP contribution in [0.5, 0.6) is 0 Å². The second-order valence-corrected chi connectivity index (χ2v) is 8.14. The van der Waals surface area contributed by atoms with Crippen LogP contribution in [0, 0.1) is 0 Å². The van der Waals surface area contributed by atoms with Crippen LogP contribution in [0.25, 0.3) is 0 Å². The van der Waals surface area contributed by atoms with Gasteiger partial charge in [-0.15, -0.1) is 0 Å². The molecule has 164 valence electrons. The highest BCUT2D eigenvalue weighted by atomic mass is 35.5. The van der Waals surface area contributed by atoms with Gasteiger partial charge >= 0.3 is 0 Å². The normalized spacial score (nSPS) is 15.8.